The van der Waals surface area contributed by atoms with Crippen LogP contribution in [0.2, 0.25) is 0 Å². The van der Waals surface area contributed by atoms with Crippen molar-refractivity contribution in [1.29, 1.82) is 0 Å². The first-order valence-corrected chi connectivity index (χ1v) is 7.86. The molecule has 0 heterocycles. The van der Waals surface area contributed by atoms with Crippen LogP contribution in [0, 0.1) is 12.8 Å². The normalized spacial score (nSPS) is 15.0. The number of aryl methyl sites for hydroxylation is 1. The average Bonchev–Trinajstić information content (AvgIpc) is 2.97. The highest BCUT2D eigenvalue weighted by atomic mass is 16.5. The van der Waals surface area contributed by atoms with Gasteiger partial charge in [0.1, 0.15) is 0 Å². The Balaban J connectivity index is 2.17. The average molecular weight is 291 g/mol. The molecule has 0 spiro atoms. The quantitative estimate of drug-likeness (QED) is 0.864. The van der Waals surface area contributed by atoms with E-state index in [0.29, 0.717) is 19.0 Å². The number of ether oxygens (including phenoxy) is 2. The molecule has 0 aromatic heterocycles. The minimum atomic E-state index is 0.124. The predicted octanol–water partition coefficient (Wildman–Crippen LogP) is 3.92. The molecule has 1 amide bonds. The highest BCUT2D eigenvalue weighted by Crippen LogP contribution is 2.35. The number of amides is 1. The molecule has 21 heavy (non-hydrogen) atoms. The van der Waals surface area contributed by atoms with E-state index < -0.39 is 0 Å². The van der Waals surface area contributed by atoms with Crippen LogP contribution in [0.1, 0.15) is 45.1 Å². The number of nitrogens with one attached hydrogen (secondary N) is 1. The Labute approximate surface area is 126 Å². The van der Waals surface area contributed by atoms with E-state index in [4.69, 9.17) is 9.47 Å². The van der Waals surface area contributed by atoms with Crippen molar-refractivity contribution in [3.05, 3.63) is 17.7 Å². The molecule has 1 aromatic carbocycles. The number of carbonyl (C=O) groups is 1. The van der Waals surface area contributed by atoms with Crippen LogP contribution >= 0.6 is 0 Å². The standard InChI is InChI=1S/C17H25NO3/c1-4-20-15-11-14(10-12(3)16(15)21-5-2)18-17(19)13-8-6-7-9-13/h10-11,13H,4-9H2,1-3H3,(H,18,19). The van der Waals surface area contributed by atoms with Gasteiger partial charge in [-0.3, -0.25) is 4.79 Å². The Morgan fingerprint density at radius 3 is 2.48 bits per heavy atom. The summed E-state index contributed by atoms with van der Waals surface area (Å²) in [6.45, 7) is 7.02. The maximum absolute atomic E-state index is 12.2. The Morgan fingerprint density at radius 1 is 1.19 bits per heavy atom. The van der Waals surface area contributed by atoms with Gasteiger partial charge in [-0.25, -0.2) is 0 Å². The van der Waals surface area contributed by atoms with Gasteiger partial charge in [0.15, 0.2) is 11.5 Å². The SMILES string of the molecule is CCOc1cc(NC(=O)C2CCCC2)cc(C)c1OCC. The third kappa shape index (κ3) is 3.90. The zero-order valence-corrected chi connectivity index (χ0v) is 13.2. The van der Waals surface area contributed by atoms with E-state index in [1.54, 1.807) is 0 Å². The van der Waals surface area contributed by atoms with Gasteiger partial charge in [-0.05, 0) is 45.2 Å². The third-order valence-corrected chi connectivity index (χ3v) is 3.82. The summed E-state index contributed by atoms with van der Waals surface area (Å²) >= 11 is 0. The minimum absolute atomic E-state index is 0.124. The van der Waals surface area contributed by atoms with Crippen molar-refractivity contribution in [2.75, 3.05) is 18.5 Å². The van der Waals surface area contributed by atoms with Gasteiger partial charge in [0.25, 0.3) is 0 Å². The van der Waals surface area contributed by atoms with Crippen LogP contribution in [0.5, 0.6) is 11.5 Å². The van der Waals surface area contributed by atoms with Crippen LogP contribution < -0.4 is 14.8 Å². The van der Waals surface area contributed by atoms with Crippen molar-refractivity contribution in [2.24, 2.45) is 5.92 Å². The second-order valence-electron chi connectivity index (χ2n) is 5.46. The summed E-state index contributed by atoms with van der Waals surface area (Å²) in [5.41, 5.74) is 1.76. The summed E-state index contributed by atoms with van der Waals surface area (Å²) in [7, 11) is 0. The third-order valence-electron chi connectivity index (χ3n) is 3.82. The van der Waals surface area contributed by atoms with Gasteiger partial charge < -0.3 is 14.8 Å². The first-order valence-electron chi connectivity index (χ1n) is 7.86. The molecule has 0 saturated heterocycles. The van der Waals surface area contributed by atoms with Crippen molar-refractivity contribution < 1.29 is 14.3 Å². The molecule has 0 bridgehead atoms. The van der Waals surface area contributed by atoms with Crippen molar-refractivity contribution >= 4 is 11.6 Å². The molecule has 1 aromatic rings. The lowest BCUT2D eigenvalue weighted by Crippen LogP contribution is -2.20. The van der Waals surface area contributed by atoms with Crippen molar-refractivity contribution in [3.8, 4) is 11.5 Å². The Morgan fingerprint density at radius 2 is 1.86 bits per heavy atom. The predicted molar refractivity (Wildman–Crippen MR) is 84.1 cm³/mol. The molecule has 4 nitrogen and oxygen atoms in total. The molecule has 0 aliphatic heterocycles. The van der Waals surface area contributed by atoms with E-state index >= 15 is 0 Å². The van der Waals surface area contributed by atoms with Crippen molar-refractivity contribution in [2.45, 2.75) is 46.5 Å². The molecule has 0 radical (unpaired) electrons. The molecule has 1 saturated carbocycles. The van der Waals surface area contributed by atoms with E-state index in [-0.39, 0.29) is 11.8 Å². The summed E-state index contributed by atoms with van der Waals surface area (Å²) in [4.78, 5) is 12.2. The summed E-state index contributed by atoms with van der Waals surface area (Å²) in [5.74, 6) is 1.74. The van der Waals surface area contributed by atoms with E-state index in [1.165, 1.54) is 0 Å². The fraction of sp³-hybridized carbons (Fsp3) is 0.588. The van der Waals surface area contributed by atoms with E-state index in [0.717, 1.165) is 42.7 Å². The maximum Gasteiger partial charge on any atom is 0.227 e. The molecule has 1 fully saturated rings. The largest absolute Gasteiger partial charge is 0.490 e. The molecular weight excluding hydrogens is 266 g/mol. The van der Waals surface area contributed by atoms with E-state index in [9.17, 15) is 4.79 Å². The lowest BCUT2D eigenvalue weighted by atomic mass is 10.1. The second-order valence-corrected chi connectivity index (χ2v) is 5.46. The molecule has 2 rings (SSSR count). The zero-order valence-electron chi connectivity index (χ0n) is 13.2. The van der Waals surface area contributed by atoms with Crippen LogP contribution in [0.25, 0.3) is 0 Å². The highest BCUT2D eigenvalue weighted by Gasteiger charge is 2.23. The topological polar surface area (TPSA) is 47.6 Å². The second kappa shape index (κ2) is 7.34. The Bertz CT molecular complexity index is 493. The number of hydrogen-bond acceptors (Lipinski definition) is 3. The molecule has 116 valence electrons. The fourth-order valence-corrected chi connectivity index (χ4v) is 2.84. The van der Waals surface area contributed by atoms with E-state index in [2.05, 4.69) is 5.32 Å². The van der Waals surface area contributed by atoms with Gasteiger partial charge in [0.05, 0.1) is 13.2 Å². The van der Waals surface area contributed by atoms with Crippen LogP contribution in [0.4, 0.5) is 5.69 Å². The van der Waals surface area contributed by atoms with Gasteiger partial charge in [0.2, 0.25) is 5.91 Å². The smallest absolute Gasteiger partial charge is 0.227 e. The van der Waals surface area contributed by atoms with Gasteiger partial charge >= 0.3 is 0 Å². The molecule has 0 unspecified atom stereocenters. The fourth-order valence-electron chi connectivity index (χ4n) is 2.84. The lowest BCUT2D eigenvalue weighted by molar-refractivity contribution is -0.119. The first-order chi connectivity index (χ1) is 10.2. The Kier molecular flexibility index (Phi) is 5.48. The number of rotatable bonds is 6. The summed E-state index contributed by atoms with van der Waals surface area (Å²) in [6, 6.07) is 3.80. The van der Waals surface area contributed by atoms with Gasteiger partial charge in [0, 0.05) is 17.7 Å². The van der Waals surface area contributed by atoms with Crippen LogP contribution in [-0.2, 0) is 4.79 Å². The van der Waals surface area contributed by atoms with Gasteiger partial charge in [-0.1, -0.05) is 12.8 Å². The summed E-state index contributed by atoms with van der Waals surface area (Å²) in [6.07, 6.45) is 4.31. The highest BCUT2D eigenvalue weighted by molar-refractivity contribution is 5.93. The maximum atomic E-state index is 12.2. The van der Waals surface area contributed by atoms with Crippen LogP contribution in [-0.4, -0.2) is 19.1 Å². The summed E-state index contributed by atoms with van der Waals surface area (Å²) < 4.78 is 11.3. The summed E-state index contributed by atoms with van der Waals surface area (Å²) in [5, 5.41) is 3.02. The van der Waals surface area contributed by atoms with Crippen molar-refractivity contribution in [3.63, 3.8) is 0 Å². The zero-order chi connectivity index (χ0) is 15.2. The number of benzene rings is 1. The minimum Gasteiger partial charge on any atom is -0.490 e. The van der Waals surface area contributed by atoms with E-state index in [1.807, 2.05) is 32.9 Å². The monoisotopic (exact) mass is 291 g/mol. The van der Waals surface area contributed by atoms with Crippen LogP contribution in [0.3, 0.4) is 0 Å². The first kappa shape index (κ1) is 15.7. The molecule has 0 atom stereocenters. The van der Waals surface area contributed by atoms with Gasteiger partial charge in [-0.2, -0.15) is 0 Å². The molecule has 1 N–H and O–H groups in total. The molecule has 1 aliphatic carbocycles. The lowest BCUT2D eigenvalue weighted by Gasteiger charge is -2.17. The van der Waals surface area contributed by atoms with Crippen LogP contribution in [0.15, 0.2) is 12.1 Å². The van der Waals surface area contributed by atoms with Crippen molar-refractivity contribution in [1.82, 2.24) is 0 Å². The number of hydrogen-bond donors (Lipinski definition) is 1. The number of anilines is 1. The molecular formula is C17H25NO3. The Hall–Kier alpha value is -1.71. The molecule has 1 aliphatic rings. The van der Waals surface area contributed by atoms with Gasteiger partial charge in [-0.15, -0.1) is 0 Å². The molecule has 4 heteroatoms. The number of carbonyl (C=O) groups excluding carboxylic acids is 1.